The minimum absolute atomic E-state index is 0.0350. The molecule has 0 heterocycles. The summed E-state index contributed by atoms with van der Waals surface area (Å²) in [4.78, 5) is 23.2. The summed E-state index contributed by atoms with van der Waals surface area (Å²) in [6.07, 6.45) is 1.12. The Balaban J connectivity index is 2.90. The molecule has 0 aromatic heterocycles. The molecule has 0 bridgehead atoms. The van der Waals surface area contributed by atoms with Gasteiger partial charge in [-0.05, 0) is 44.0 Å². The topological polar surface area (TPSA) is 66.4 Å². The highest BCUT2D eigenvalue weighted by molar-refractivity contribution is 6.31. The summed E-state index contributed by atoms with van der Waals surface area (Å²) in [5, 5.41) is 12.4. The number of Topliss-reactive ketones (excluding diaryl/α,β-unsaturated/α-hetero) is 1. The number of aryl methyl sites for hydroxylation is 1. The lowest BCUT2D eigenvalue weighted by Crippen LogP contribution is -2.38. The van der Waals surface area contributed by atoms with Gasteiger partial charge in [0, 0.05) is 17.0 Å². The smallest absolute Gasteiger partial charge is 0.303 e. The number of ketones is 1. The van der Waals surface area contributed by atoms with Crippen molar-refractivity contribution in [3.05, 3.63) is 34.3 Å². The van der Waals surface area contributed by atoms with Crippen LogP contribution in [0.3, 0.4) is 0 Å². The van der Waals surface area contributed by atoms with Crippen molar-refractivity contribution in [3.63, 3.8) is 0 Å². The Labute approximate surface area is 124 Å². The fourth-order valence-corrected chi connectivity index (χ4v) is 2.13. The second-order valence-electron chi connectivity index (χ2n) is 4.76. The molecule has 1 unspecified atom stereocenters. The standard InChI is InChI=1S/C15H20ClNO3/c1-3-8-17-13(6-7-14(18)19)15(20)12-9-11(16)5-4-10(12)2/h4-5,9,13,17H,3,6-8H2,1-2H3,(H,18,19). The minimum Gasteiger partial charge on any atom is -0.481 e. The number of rotatable bonds is 8. The first kappa shape index (κ1) is 16.7. The molecule has 5 heteroatoms. The lowest BCUT2D eigenvalue weighted by Gasteiger charge is -2.18. The number of benzene rings is 1. The van der Waals surface area contributed by atoms with Crippen molar-refractivity contribution in [1.29, 1.82) is 0 Å². The highest BCUT2D eigenvalue weighted by Crippen LogP contribution is 2.18. The monoisotopic (exact) mass is 297 g/mol. The first-order chi connectivity index (χ1) is 9.45. The summed E-state index contributed by atoms with van der Waals surface area (Å²) in [6.45, 7) is 4.52. The lowest BCUT2D eigenvalue weighted by molar-refractivity contribution is -0.137. The van der Waals surface area contributed by atoms with Gasteiger partial charge in [-0.15, -0.1) is 0 Å². The van der Waals surface area contributed by atoms with Crippen molar-refractivity contribution in [1.82, 2.24) is 5.32 Å². The zero-order valence-electron chi connectivity index (χ0n) is 11.8. The van der Waals surface area contributed by atoms with E-state index in [-0.39, 0.29) is 18.6 Å². The summed E-state index contributed by atoms with van der Waals surface area (Å²) in [5.41, 5.74) is 1.40. The molecule has 1 atom stereocenters. The molecular formula is C15H20ClNO3. The van der Waals surface area contributed by atoms with Crippen molar-refractivity contribution < 1.29 is 14.7 Å². The predicted octanol–water partition coefficient (Wildman–Crippen LogP) is 3.06. The van der Waals surface area contributed by atoms with Crippen molar-refractivity contribution in [2.45, 2.75) is 39.2 Å². The van der Waals surface area contributed by atoms with Crippen LogP contribution in [0.4, 0.5) is 0 Å². The number of carboxylic acid groups (broad SMARTS) is 1. The number of nitrogens with one attached hydrogen (secondary N) is 1. The van der Waals surface area contributed by atoms with Crippen LogP contribution in [-0.4, -0.2) is 29.4 Å². The minimum atomic E-state index is -0.899. The molecule has 0 spiro atoms. The summed E-state index contributed by atoms with van der Waals surface area (Å²) in [7, 11) is 0. The normalized spacial score (nSPS) is 12.2. The Kier molecular flexibility index (Phi) is 6.68. The van der Waals surface area contributed by atoms with E-state index in [4.69, 9.17) is 16.7 Å². The Morgan fingerprint density at radius 3 is 2.70 bits per heavy atom. The molecule has 2 N–H and O–H groups in total. The summed E-state index contributed by atoms with van der Waals surface area (Å²) in [5.74, 6) is -0.997. The second-order valence-corrected chi connectivity index (χ2v) is 5.20. The van der Waals surface area contributed by atoms with Crippen molar-refractivity contribution in [3.8, 4) is 0 Å². The number of carbonyl (C=O) groups is 2. The van der Waals surface area contributed by atoms with E-state index in [0.29, 0.717) is 17.1 Å². The molecule has 1 aromatic carbocycles. The molecule has 1 aromatic rings. The fourth-order valence-electron chi connectivity index (χ4n) is 1.96. The van der Waals surface area contributed by atoms with Crippen molar-refractivity contribution >= 4 is 23.4 Å². The third kappa shape index (κ3) is 4.94. The molecular weight excluding hydrogens is 278 g/mol. The Bertz CT molecular complexity index is 488. The highest BCUT2D eigenvalue weighted by Gasteiger charge is 2.21. The van der Waals surface area contributed by atoms with E-state index >= 15 is 0 Å². The maximum atomic E-state index is 12.5. The maximum Gasteiger partial charge on any atom is 0.303 e. The van der Waals surface area contributed by atoms with E-state index < -0.39 is 12.0 Å². The fraction of sp³-hybridized carbons (Fsp3) is 0.467. The SMILES string of the molecule is CCCNC(CCC(=O)O)C(=O)c1cc(Cl)ccc1C. The maximum absolute atomic E-state index is 12.5. The van der Waals surface area contributed by atoms with Crippen LogP contribution in [0.1, 0.15) is 42.1 Å². The first-order valence-corrected chi connectivity index (χ1v) is 7.09. The molecule has 110 valence electrons. The molecule has 0 fully saturated rings. The number of aliphatic carboxylic acids is 1. The summed E-state index contributed by atoms with van der Waals surface area (Å²) >= 11 is 5.93. The van der Waals surface area contributed by atoms with E-state index in [1.165, 1.54) is 0 Å². The Morgan fingerprint density at radius 2 is 2.10 bits per heavy atom. The van der Waals surface area contributed by atoms with E-state index in [1.54, 1.807) is 18.2 Å². The van der Waals surface area contributed by atoms with Gasteiger partial charge in [-0.25, -0.2) is 0 Å². The van der Waals surface area contributed by atoms with Gasteiger partial charge in [0.15, 0.2) is 5.78 Å². The molecule has 0 amide bonds. The molecule has 0 saturated heterocycles. The van der Waals surface area contributed by atoms with E-state index in [2.05, 4.69) is 5.32 Å². The van der Waals surface area contributed by atoms with Crippen LogP contribution in [0.25, 0.3) is 0 Å². The second kappa shape index (κ2) is 8.02. The van der Waals surface area contributed by atoms with Crippen LogP contribution in [0.2, 0.25) is 5.02 Å². The predicted molar refractivity (Wildman–Crippen MR) is 79.5 cm³/mol. The van der Waals surface area contributed by atoms with E-state index in [1.807, 2.05) is 13.8 Å². The van der Waals surface area contributed by atoms with Crippen LogP contribution in [0.15, 0.2) is 18.2 Å². The van der Waals surface area contributed by atoms with Gasteiger partial charge in [0.1, 0.15) is 0 Å². The lowest BCUT2D eigenvalue weighted by atomic mass is 9.96. The van der Waals surface area contributed by atoms with Gasteiger partial charge in [0.05, 0.1) is 6.04 Å². The number of hydrogen-bond donors (Lipinski definition) is 2. The Hall–Kier alpha value is -1.39. The zero-order chi connectivity index (χ0) is 15.1. The molecule has 4 nitrogen and oxygen atoms in total. The van der Waals surface area contributed by atoms with Crippen LogP contribution < -0.4 is 5.32 Å². The molecule has 0 aliphatic rings. The number of carboxylic acids is 1. The van der Waals surface area contributed by atoms with Crippen LogP contribution >= 0.6 is 11.6 Å². The van der Waals surface area contributed by atoms with Gasteiger partial charge in [0.25, 0.3) is 0 Å². The van der Waals surface area contributed by atoms with Gasteiger partial charge in [-0.2, -0.15) is 0 Å². The first-order valence-electron chi connectivity index (χ1n) is 6.71. The van der Waals surface area contributed by atoms with Crippen LogP contribution in [0, 0.1) is 6.92 Å². The third-order valence-electron chi connectivity index (χ3n) is 3.07. The van der Waals surface area contributed by atoms with Gasteiger partial charge in [-0.1, -0.05) is 24.6 Å². The van der Waals surface area contributed by atoms with Gasteiger partial charge >= 0.3 is 5.97 Å². The van der Waals surface area contributed by atoms with Crippen molar-refractivity contribution in [2.75, 3.05) is 6.54 Å². The van der Waals surface area contributed by atoms with Gasteiger partial charge in [-0.3, -0.25) is 9.59 Å². The highest BCUT2D eigenvalue weighted by atomic mass is 35.5. The molecule has 20 heavy (non-hydrogen) atoms. The van der Waals surface area contributed by atoms with E-state index in [0.717, 1.165) is 12.0 Å². The zero-order valence-corrected chi connectivity index (χ0v) is 12.5. The molecule has 0 aliphatic heterocycles. The van der Waals surface area contributed by atoms with Gasteiger partial charge in [0.2, 0.25) is 0 Å². The quantitative estimate of drug-likeness (QED) is 0.724. The van der Waals surface area contributed by atoms with Crippen LogP contribution in [0.5, 0.6) is 0 Å². The average molecular weight is 298 g/mol. The molecule has 0 saturated carbocycles. The number of hydrogen-bond acceptors (Lipinski definition) is 3. The molecule has 1 rings (SSSR count). The average Bonchev–Trinajstić information content (AvgIpc) is 2.40. The largest absolute Gasteiger partial charge is 0.481 e. The van der Waals surface area contributed by atoms with Gasteiger partial charge < -0.3 is 10.4 Å². The van der Waals surface area contributed by atoms with Crippen LogP contribution in [-0.2, 0) is 4.79 Å². The summed E-state index contributed by atoms with van der Waals surface area (Å²) in [6, 6.07) is 4.69. The third-order valence-corrected chi connectivity index (χ3v) is 3.30. The van der Waals surface area contributed by atoms with Crippen molar-refractivity contribution in [2.24, 2.45) is 0 Å². The Morgan fingerprint density at radius 1 is 1.40 bits per heavy atom. The number of halogens is 1. The molecule has 0 radical (unpaired) electrons. The molecule has 0 aliphatic carbocycles. The summed E-state index contributed by atoms with van der Waals surface area (Å²) < 4.78 is 0. The number of carbonyl (C=O) groups excluding carboxylic acids is 1. The van der Waals surface area contributed by atoms with E-state index in [9.17, 15) is 9.59 Å².